The molecule has 2 rings (SSSR count). The van der Waals surface area contributed by atoms with Gasteiger partial charge in [-0.1, -0.05) is 18.2 Å². The SMILES string of the molecule is CC(=O)c1c(C)[nH]c(C(=O)[C@@H](C)OC(=O)c2ccccc2)c1C. The number of esters is 1. The summed E-state index contributed by atoms with van der Waals surface area (Å²) in [7, 11) is 0. The highest BCUT2D eigenvalue weighted by molar-refractivity contribution is 6.05. The van der Waals surface area contributed by atoms with Crippen LogP contribution in [0.4, 0.5) is 0 Å². The summed E-state index contributed by atoms with van der Waals surface area (Å²) in [5.41, 5.74) is 2.43. The lowest BCUT2D eigenvalue weighted by Crippen LogP contribution is -2.25. The van der Waals surface area contributed by atoms with E-state index in [9.17, 15) is 14.4 Å². The Kier molecular flexibility index (Phi) is 4.79. The first kappa shape index (κ1) is 16.7. The van der Waals surface area contributed by atoms with Gasteiger partial charge in [0.15, 0.2) is 11.9 Å². The van der Waals surface area contributed by atoms with Gasteiger partial charge in [0, 0.05) is 11.3 Å². The van der Waals surface area contributed by atoms with E-state index in [1.807, 2.05) is 0 Å². The summed E-state index contributed by atoms with van der Waals surface area (Å²) >= 11 is 0. The Bertz CT molecular complexity index is 759. The molecule has 23 heavy (non-hydrogen) atoms. The van der Waals surface area contributed by atoms with E-state index in [1.54, 1.807) is 44.2 Å². The zero-order valence-corrected chi connectivity index (χ0v) is 13.6. The van der Waals surface area contributed by atoms with Crippen molar-refractivity contribution in [1.29, 1.82) is 0 Å². The zero-order valence-electron chi connectivity index (χ0n) is 13.6. The first-order valence-corrected chi connectivity index (χ1v) is 7.33. The molecule has 5 heteroatoms. The third-order valence-electron chi connectivity index (χ3n) is 3.70. The summed E-state index contributed by atoms with van der Waals surface area (Å²) in [6.45, 7) is 6.42. The van der Waals surface area contributed by atoms with Crippen molar-refractivity contribution in [3.63, 3.8) is 0 Å². The molecule has 1 aromatic heterocycles. The van der Waals surface area contributed by atoms with Crippen LogP contribution in [-0.2, 0) is 4.74 Å². The van der Waals surface area contributed by atoms with E-state index in [0.29, 0.717) is 28.1 Å². The highest BCUT2D eigenvalue weighted by Gasteiger charge is 2.26. The molecule has 0 aliphatic carbocycles. The van der Waals surface area contributed by atoms with E-state index in [-0.39, 0.29) is 11.6 Å². The molecule has 0 radical (unpaired) electrons. The molecule has 0 bridgehead atoms. The minimum absolute atomic E-state index is 0.107. The smallest absolute Gasteiger partial charge is 0.338 e. The maximum absolute atomic E-state index is 12.5. The van der Waals surface area contributed by atoms with Gasteiger partial charge in [-0.05, 0) is 45.4 Å². The number of aromatic amines is 1. The van der Waals surface area contributed by atoms with Crippen molar-refractivity contribution in [1.82, 2.24) is 4.98 Å². The first-order valence-electron chi connectivity index (χ1n) is 7.33. The summed E-state index contributed by atoms with van der Waals surface area (Å²) in [5.74, 6) is -1.02. The number of hydrogen-bond donors (Lipinski definition) is 1. The van der Waals surface area contributed by atoms with E-state index < -0.39 is 12.1 Å². The van der Waals surface area contributed by atoms with Crippen LogP contribution in [-0.4, -0.2) is 28.6 Å². The van der Waals surface area contributed by atoms with Crippen LogP contribution in [0, 0.1) is 13.8 Å². The van der Waals surface area contributed by atoms with Crippen molar-refractivity contribution in [3.05, 3.63) is 58.4 Å². The molecule has 1 aromatic carbocycles. The lowest BCUT2D eigenvalue weighted by atomic mass is 10.0. The number of rotatable bonds is 5. The number of carbonyl (C=O) groups is 3. The molecule has 1 atom stereocenters. The second-order valence-corrected chi connectivity index (χ2v) is 5.46. The van der Waals surface area contributed by atoms with Crippen LogP contribution >= 0.6 is 0 Å². The van der Waals surface area contributed by atoms with Gasteiger partial charge in [0.2, 0.25) is 5.78 Å². The maximum Gasteiger partial charge on any atom is 0.338 e. The maximum atomic E-state index is 12.5. The number of benzene rings is 1. The Morgan fingerprint density at radius 1 is 1.09 bits per heavy atom. The fraction of sp³-hybridized carbons (Fsp3) is 0.278. The fourth-order valence-electron chi connectivity index (χ4n) is 2.58. The Hall–Kier alpha value is -2.69. The summed E-state index contributed by atoms with van der Waals surface area (Å²) in [6.07, 6.45) is -0.945. The Morgan fingerprint density at radius 3 is 2.22 bits per heavy atom. The second kappa shape index (κ2) is 6.60. The number of aromatic nitrogens is 1. The zero-order chi connectivity index (χ0) is 17.1. The van der Waals surface area contributed by atoms with E-state index in [4.69, 9.17) is 4.74 Å². The standard InChI is InChI=1S/C18H19NO4/c1-10-15(12(3)20)11(2)19-16(10)17(21)13(4)23-18(22)14-8-6-5-7-9-14/h5-9,13,19H,1-4H3/t13-/m1/s1. The van der Waals surface area contributed by atoms with E-state index in [1.165, 1.54) is 13.8 Å². The summed E-state index contributed by atoms with van der Waals surface area (Å²) in [4.78, 5) is 39.1. The van der Waals surface area contributed by atoms with Crippen LogP contribution in [0.5, 0.6) is 0 Å². The predicted octanol–water partition coefficient (Wildman–Crippen LogP) is 3.26. The van der Waals surface area contributed by atoms with E-state index >= 15 is 0 Å². The number of ether oxygens (including phenoxy) is 1. The van der Waals surface area contributed by atoms with Crippen LogP contribution in [0.25, 0.3) is 0 Å². The molecule has 0 saturated heterocycles. The van der Waals surface area contributed by atoms with Gasteiger partial charge in [-0.3, -0.25) is 9.59 Å². The lowest BCUT2D eigenvalue weighted by Gasteiger charge is -2.12. The predicted molar refractivity (Wildman–Crippen MR) is 85.9 cm³/mol. The number of carbonyl (C=O) groups excluding carboxylic acids is 3. The Balaban J connectivity index is 2.19. The number of ketones is 2. The number of aryl methyl sites for hydroxylation is 1. The van der Waals surface area contributed by atoms with Crippen LogP contribution in [0.3, 0.4) is 0 Å². The molecule has 0 fully saturated rings. The molecule has 0 spiro atoms. The van der Waals surface area contributed by atoms with Crippen molar-refractivity contribution >= 4 is 17.5 Å². The van der Waals surface area contributed by atoms with Gasteiger partial charge < -0.3 is 9.72 Å². The monoisotopic (exact) mass is 313 g/mol. The summed E-state index contributed by atoms with van der Waals surface area (Å²) in [5, 5.41) is 0. The largest absolute Gasteiger partial charge is 0.451 e. The molecule has 1 N–H and O–H groups in total. The third-order valence-corrected chi connectivity index (χ3v) is 3.70. The van der Waals surface area contributed by atoms with E-state index in [0.717, 1.165) is 0 Å². The third kappa shape index (κ3) is 3.39. The quantitative estimate of drug-likeness (QED) is 0.679. The molecule has 120 valence electrons. The van der Waals surface area contributed by atoms with Crippen molar-refractivity contribution in [3.8, 4) is 0 Å². The van der Waals surface area contributed by atoms with Crippen molar-refractivity contribution in [2.75, 3.05) is 0 Å². The van der Waals surface area contributed by atoms with Crippen molar-refractivity contribution < 1.29 is 19.1 Å². The van der Waals surface area contributed by atoms with Gasteiger partial charge in [0.1, 0.15) is 0 Å². The molecule has 5 nitrogen and oxygen atoms in total. The van der Waals surface area contributed by atoms with Gasteiger partial charge in [-0.2, -0.15) is 0 Å². The minimum Gasteiger partial charge on any atom is -0.451 e. The molecular formula is C18H19NO4. The summed E-state index contributed by atoms with van der Waals surface area (Å²) < 4.78 is 5.22. The van der Waals surface area contributed by atoms with Gasteiger partial charge in [0.05, 0.1) is 11.3 Å². The number of H-pyrrole nitrogens is 1. The lowest BCUT2D eigenvalue weighted by molar-refractivity contribution is 0.0317. The molecule has 1 heterocycles. The van der Waals surface area contributed by atoms with Gasteiger partial charge >= 0.3 is 5.97 Å². The van der Waals surface area contributed by atoms with Crippen LogP contribution in [0.1, 0.15) is 56.3 Å². The molecule has 0 aliphatic heterocycles. The number of hydrogen-bond acceptors (Lipinski definition) is 4. The Morgan fingerprint density at radius 2 is 1.70 bits per heavy atom. The molecule has 0 amide bonds. The second-order valence-electron chi connectivity index (χ2n) is 5.46. The first-order chi connectivity index (χ1) is 10.8. The minimum atomic E-state index is -0.945. The molecule has 0 unspecified atom stereocenters. The van der Waals surface area contributed by atoms with Gasteiger partial charge in [-0.15, -0.1) is 0 Å². The molecule has 0 aliphatic rings. The topological polar surface area (TPSA) is 76.2 Å². The number of nitrogens with one attached hydrogen (secondary N) is 1. The van der Waals surface area contributed by atoms with Gasteiger partial charge in [0.25, 0.3) is 0 Å². The molecule has 2 aromatic rings. The fourth-order valence-corrected chi connectivity index (χ4v) is 2.58. The van der Waals surface area contributed by atoms with Crippen molar-refractivity contribution in [2.24, 2.45) is 0 Å². The van der Waals surface area contributed by atoms with E-state index in [2.05, 4.69) is 4.98 Å². The van der Waals surface area contributed by atoms with Crippen molar-refractivity contribution in [2.45, 2.75) is 33.8 Å². The van der Waals surface area contributed by atoms with Crippen LogP contribution < -0.4 is 0 Å². The average Bonchev–Trinajstić information content (AvgIpc) is 2.82. The molecular weight excluding hydrogens is 294 g/mol. The molecule has 0 saturated carbocycles. The number of Topliss-reactive ketones (excluding diaryl/α,β-unsaturated/α-hetero) is 2. The summed E-state index contributed by atoms with van der Waals surface area (Å²) in [6, 6.07) is 8.48. The average molecular weight is 313 g/mol. The highest BCUT2D eigenvalue weighted by atomic mass is 16.5. The van der Waals surface area contributed by atoms with Gasteiger partial charge in [-0.25, -0.2) is 4.79 Å². The Labute approximate surface area is 134 Å². The van der Waals surface area contributed by atoms with Crippen LogP contribution in [0.2, 0.25) is 0 Å². The van der Waals surface area contributed by atoms with Crippen LogP contribution in [0.15, 0.2) is 30.3 Å². The highest BCUT2D eigenvalue weighted by Crippen LogP contribution is 2.20. The normalized spacial score (nSPS) is 11.8.